The normalized spacial score (nSPS) is 17.8. The molecule has 8 heteroatoms. The predicted octanol–water partition coefficient (Wildman–Crippen LogP) is 1.000. The Balaban J connectivity index is 2.19. The number of nitrogens with one attached hydrogen (secondary N) is 1. The molecule has 1 aromatic carbocycles. The Labute approximate surface area is 136 Å². The number of rotatable bonds is 6. The van der Waals surface area contributed by atoms with Gasteiger partial charge < -0.3 is 14.8 Å². The fourth-order valence-corrected chi connectivity index (χ4v) is 2.86. The second-order valence-electron chi connectivity index (χ2n) is 5.46. The maximum atomic E-state index is 12.4. The van der Waals surface area contributed by atoms with Crippen LogP contribution in [0.4, 0.5) is 5.69 Å². The first-order valence-corrected chi connectivity index (χ1v) is 9.19. The summed E-state index contributed by atoms with van der Waals surface area (Å²) in [5.74, 6) is 0.0709. The Morgan fingerprint density at radius 1 is 1.48 bits per heavy atom. The summed E-state index contributed by atoms with van der Waals surface area (Å²) in [6, 6.07) is 4.68. The van der Waals surface area contributed by atoms with E-state index in [2.05, 4.69) is 5.32 Å². The van der Waals surface area contributed by atoms with Gasteiger partial charge in [0.2, 0.25) is 10.0 Å². The Morgan fingerprint density at radius 2 is 2.22 bits per heavy atom. The number of anilines is 1. The van der Waals surface area contributed by atoms with Gasteiger partial charge in [-0.05, 0) is 31.0 Å². The molecule has 128 valence electrons. The summed E-state index contributed by atoms with van der Waals surface area (Å²) in [4.78, 5) is 12.4. The van der Waals surface area contributed by atoms with Crippen molar-refractivity contribution in [2.75, 3.05) is 37.9 Å². The molecule has 0 spiro atoms. The highest BCUT2D eigenvalue weighted by molar-refractivity contribution is 7.92. The van der Waals surface area contributed by atoms with E-state index in [0.29, 0.717) is 23.5 Å². The van der Waals surface area contributed by atoms with Crippen LogP contribution in [0.1, 0.15) is 23.2 Å². The molecular weight excluding hydrogens is 320 g/mol. The average Bonchev–Trinajstić information content (AvgIpc) is 3.03. The van der Waals surface area contributed by atoms with Crippen molar-refractivity contribution in [3.05, 3.63) is 23.8 Å². The second-order valence-corrected chi connectivity index (χ2v) is 7.47. The first-order chi connectivity index (χ1) is 10.8. The van der Waals surface area contributed by atoms with Gasteiger partial charge in [-0.2, -0.15) is 0 Å². The lowest BCUT2D eigenvalue weighted by Crippen LogP contribution is -2.32. The van der Waals surface area contributed by atoms with Gasteiger partial charge in [-0.15, -0.1) is 0 Å². The first kappa shape index (κ1) is 17.6. The number of ether oxygens (including phenoxy) is 2. The summed E-state index contributed by atoms with van der Waals surface area (Å²) in [7, 11) is -0.502. The number of nitrogens with zero attached hydrogens (tertiary/aromatic N) is 1. The Kier molecular flexibility index (Phi) is 5.48. The molecule has 2 rings (SSSR count). The molecule has 1 amide bonds. The number of hydrogen-bond acceptors (Lipinski definition) is 5. The molecule has 0 aromatic heterocycles. The van der Waals surface area contributed by atoms with Crippen molar-refractivity contribution in [2.45, 2.75) is 18.9 Å². The van der Waals surface area contributed by atoms with Crippen LogP contribution in [0.15, 0.2) is 18.2 Å². The van der Waals surface area contributed by atoms with Crippen LogP contribution < -0.4 is 14.4 Å². The molecular formula is C15H22N2O5S. The lowest BCUT2D eigenvalue weighted by molar-refractivity contribution is 0.0855. The summed E-state index contributed by atoms with van der Waals surface area (Å²) >= 11 is 0. The van der Waals surface area contributed by atoms with E-state index < -0.39 is 10.0 Å². The number of methoxy groups -OCH3 is 1. The van der Waals surface area contributed by atoms with Crippen molar-refractivity contribution < 1.29 is 22.7 Å². The number of benzene rings is 1. The number of carbonyl (C=O) groups excluding carboxylic acids is 1. The minimum atomic E-state index is -3.40. The van der Waals surface area contributed by atoms with Gasteiger partial charge in [0.05, 0.1) is 30.7 Å². The van der Waals surface area contributed by atoms with Crippen LogP contribution in [0.2, 0.25) is 0 Å². The second kappa shape index (κ2) is 7.18. The molecule has 0 aliphatic carbocycles. The molecule has 7 nitrogen and oxygen atoms in total. The number of carbonyl (C=O) groups is 1. The summed E-state index contributed by atoms with van der Waals surface area (Å²) in [5.41, 5.74) is 0.689. The van der Waals surface area contributed by atoms with Crippen molar-refractivity contribution in [3.63, 3.8) is 0 Å². The zero-order valence-corrected chi connectivity index (χ0v) is 14.4. The van der Waals surface area contributed by atoms with E-state index in [1.807, 2.05) is 0 Å². The van der Waals surface area contributed by atoms with Gasteiger partial charge in [0.1, 0.15) is 5.75 Å². The van der Waals surface area contributed by atoms with E-state index in [0.717, 1.165) is 30.0 Å². The van der Waals surface area contributed by atoms with E-state index in [-0.39, 0.29) is 12.0 Å². The van der Waals surface area contributed by atoms with Gasteiger partial charge >= 0.3 is 0 Å². The maximum absolute atomic E-state index is 12.4. The van der Waals surface area contributed by atoms with Crippen LogP contribution in [0.25, 0.3) is 0 Å². The minimum Gasteiger partial charge on any atom is -0.496 e. The molecule has 1 saturated heterocycles. The Bertz CT molecular complexity index is 668. The molecule has 1 heterocycles. The van der Waals surface area contributed by atoms with E-state index in [9.17, 15) is 13.2 Å². The van der Waals surface area contributed by atoms with Crippen molar-refractivity contribution in [3.8, 4) is 5.75 Å². The van der Waals surface area contributed by atoms with Gasteiger partial charge in [0.25, 0.3) is 5.91 Å². The molecule has 0 saturated carbocycles. The molecule has 1 aromatic rings. The van der Waals surface area contributed by atoms with Gasteiger partial charge in [-0.25, -0.2) is 8.42 Å². The van der Waals surface area contributed by atoms with Crippen LogP contribution in [0, 0.1) is 0 Å². The molecule has 1 atom stereocenters. The lowest BCUT2D eigenvalue weighted by atomic mass is 10.1. The van der Waals surface area contributed by atoms with Crippen LogP contribution >= 0.6 is 0 Å². The van der Waals surface area contributed by atoms with E-state index in [1.54, 1.807) is 12.1 Å². The molecule has 1 aliphatic rings. The van der Waals surface area contributed by atoms with Crippen molar-refractivity contribution in [2.24, 2.45) is 0 Å². The fraction of sp³-hybridized carbons (Fsp3) is 0.533. The average molecular weight is 342 g/mol. The summed E-state index contributed by atoms with van der Waals surface area (Å²) < 4.78 is 35.1. The Morgan fingerprint density at radius 3 is 2.78 bits per heavy atom. The third kappa shape index (κ3) is 4.35. The van der Waals surface area contributed by atoms with Crippen LogP contribution in [-0.2, 0) is 14.8 Å². The molecule has 1 fully saturated rings. The smallest absolute Gasteiger partial charge is 0.255 e. The third-order valence-corrected chi connectivity index (χ3v) is 5.01. The third-order valence-electron chi connectivity index (χ3n) is 3.80. The minimum absolute atomic E-state index is 0.0341. The summed E-state index contributed by atoms with van der Waals surface area (Å²) in [6.45, 7) is 1.15. The summed E-state index contributed by atoms with van der Waals surface area (Å²) in [6.07, 6.45) is 3.06. The summed E-state index contributed by atoms with van der Waals surface area (Å²) in [5, 5.41) is 2.81. The molecule has 1 unspecified atom stereocenters. The van der Waals surface area contributed by atoms with Crippen molar-refractivity contribution >= 4 is 21.6 Å². The van der Waals surface area contributed by atoms with Crippen LogP contribution in [0.5, 0.6) is 5.75 Å². The predicted molar refractivity (Wildman–Crippen MR) is 87.5 cm³/mol. The lowest BCUT2D eigenvalue weighted by Gasteiger charge is -2.19. The molecule has 0 bridgehead atoms. The van der Waals surface area contributed by atoms with Gasteiger partial charge in [0, 0.05) is 20.2 Å². The van der Waals surface area contributed by atoms with Crippen LogP contribution in [0.3, 0.4) is 0 Å². The van der Waals surface area contributed by atoms with E-state index in [4.69, 9.17) is 9.47 Å². The largest absolute Gasteiger partial charge is 0.496 e. The standard InChI is InChI=1S/C15H22N2O5S/c1-17(23(3,19)20)11-6-7-14(21-2)13(9-11)15(18)16-10-12-5-4-8-22-12/h6-7,9,12H,4-5,8,10H2,1-3H3,(H,16,18). The SMILES string of the molecule is COc1ccc(N(C)S(C)(=O)=O)cc1C(=O)NCC1CCCO1. The monoisotopic (exact) mass is 342 g/mol. The number of hydrogen-bond donors (Lipinski definition) is 1. The quantitative estimate of drug-likeness (QED) is 0.834. The Hall–Kier alpha value is -1.80. The topological polar surface area (TPSA) is 84.9 Å². The van der Waals surface area contributed by atoms with Gasteiger partial charge in [-0.1, -0.05) is 0 Å². The highest BCUT2D eigenvalue weighted by Gasteiger charge is 2.20. The number of sulfonamides is 1. The first-order valence-electron chi connectivity index (χ1n) is 7.34. The van der Waals surface area contributed by atoms with E-state index >= 15 is 0 Å². The van der Waals surface area contributed by atoms with Crippen molar-refractivity contribution in [1.82, 2.24) is 5.32 Å². The number of amides is 1. The van der Waals surface area contributed by atoms with Crippen LogP contribution in [-0.4, -0.2) is 54.0 Å². The van der Waals surface area contributed by atoms with Gasteiger partial charge in [0.15, 0.2) is 0 Å². The zero-order valence-electron chi connectivity index (χ0n) is 13.5. The van der Waals surface area contributed by atoms with Crippen molar-refractivity contribution in [1.29, 1.82) is 0 Å². The molecule has 1 N–H and O–H groups in total. The highest BCUT2D eigenvalue weighted by atomic mass is 32.2. The maximum Gasteiger partial charge on any atom is 0.255 e. The zero-order chi connectivity index (χ0) is 17.0. The highest BCUT2D eigenvalue weighted by Crippen LogP contribution is 2.25. The van der Waals surface area contributed by atoms with Gasteiger partial charge in [-0.3, -0.25) is 9.10 Å². The molecule has 0 radical (unpaired) electrons. The molecule has 23 heavy (non-hydrogen) atoms. The fourth-order valence-electron chi connectivity index (χ4n) is 2.37. The van der Waals surface area contributed by atoms with E-state index in [1.165, 1.54) is 20.2 Å². The molecule has 1 aliphatic heterocycles.